The summed E-state index contributed by atoms with van der Waals surface area (Å²) in [5.41, 5.74) is 0.287. The quantitative estimate of drug-likeness (QED) is 0.560. The minimum Gasteiger partial charge on any atom is -0.350 e. The summed E-state index contributed by atoms with van der Waals surface area (Å²) in [7, 11) is -4.00. The highest BCUT2D eigenvalue weighted by molar-refractivity contribution is 7.89. The summed E-state index contributed by atoms with van der Waals surface area (Å²) >= 11 is 0. The van der Waals surface area contributed by atoms with E-state index in [2.05, 4.69) is 43.6 Å². The zero-order valence-corrected chi connectivity index (χ0v) is 21.0. The molecule has 0 radical (unpaired) electrons. The van der Waals surface area contributed by atoms with Crippen molar-refractivity contribution < 1.29 is 18.0 Å². The van der Waals surface area contributed by atoms with E-state index in [1.165, 1.54) is 24.5 Å². The van der Waals surface area contributed by atoms with Crippen LogP contribution in [0.4, 0.5) is 0 Å². The third kappa shape index (κ3) is 5.24. The summed E-state index contributed by atoms with van der Waals surface area (Å²) in [5, 5.41) is 9.18. The number of benzene rings is 1. The molecule has 0 unspecified atom stereocenters. The predicted molar refractivity (Wildman–Crippen MR) is 127 cm³/mol. The molecule has 1 saturated heterocycles. The Kier molecular flexibility index (Phi) is 7.24. The molecule has 2 heterocycles. The van der Waals surface area contributed by atoms with Gasteiger partial charge in [-0.2, -0.15) is 0 Å². The van der Waals surface area contributed by atoms with E-state index in [9.17, 15) is 18.0 Å². The van der Waals surface area contributed by atoms with Crippen LogP contribution in [0.15, 0.2) is 41.6 Å². The third-order valence-corrected chi connectivity index (χ3v) is 8.56. The second-order valence-electron chi connectivity index (χ2n) is 10.2. The monoisotopic (exact) mass is 476 g/mol. The summed E-state index contributed by atoms with van der Waals surface area (Å²) < 4.78 is 27.6. The number of amides is 2. The van der Waals surface area contributed by atoms with Gasteiger partial charge in [0.2, 0.25) is 11.8 Å². The van der Waals surface area contributed by atoms with E-state index >= 15 is 0 Å². The summed E-state index contributed by atoms with van der Waals surface area (Å²) in [6.45, 7) is 11.9. The second kappa shape index (κ2) is 9.46. The first-order valence-electron chi connectivity index (χ1n) is 11.5. The minimum atomic E-state index is -4.00. The van der Waals surface area contributed by atoms with Gasteiger partial charge in [0, 0.05) is 29.9 Å². The Balaban J connectivity index is 1.86. The molecule has 33 heavy (non-hydrogen) atoms. The SMILES string of the molecule is Cc1ccc(S(=O)(=O)N2C=CNC(=O)[C@H]2CC(=O)N[C@]2(CC(C)C)CCNCC2(C)C)cc1. The van der Waals surface area contributed by atoms with Crippen LogP contribution in [-0.4, -0.2) is 49.2 Å². The largest absolute Gasteiger partial charge is 0.350 e. The maximum absolute atomic E-state index is 13.3. The van der Waals surface area contributed by atoms with Crippen LogP contribution in [0.5, 0.6) is 0 Å². The second-order valence-corrected chi connectivity index (χ2v) is 12.1. The molecule has 1 fully saturated rings. The van der Waals surface area contributed by atoms with Crippen molar-refractivity contribution in [3.8, 4) is 0 Å². The number of carbonyl (C=O) groups excluding carboxylic acids is 2. The molecule has 2 aliphatic rings. The molecule has 8 nitrogen and oxygen atoms in total. The van der Waals surface area contributed by atoms with Crippen molar-refractivity contribution in [2.75, 3.05) is 13.1 Å². The fraction of sp³-hybridized carbons (Fsp3) is 0.583. The first kappa shape index (κ1) is 25.2. The van der Waals surface area contributed by atoms with E-state index in [0.29, 0.717) is 5.92 Å². The molecule has 3 N–H and O–H groups in total. The number of aryl methyl sites for hydroxylation is 1. The average molecular weight is 477 g/mol. The van der Waals surface area contributed by atoms with E-state index in [1.807, 2.05) is 6.92 Å². The first-order valence-corrected chi connectivity index (χ1v) is 12.9. The number of sulfonamides is 1. The van der Waals surface area contributed by atoms with Crippen molar-refractivity contribution in [3.63, 3.8) is 0 Å². The van der Waals surface area contributed by atoms with Crippen molar-refractivity contribution in [1.82, 2.24) is 20.3 Å². The van der Waals surface area contributed by atoms with Crippen LogP contribution >= 0.6 is 0 Å². The van der Waals surface area contributed by atoms with Crippen LogP contribution in [0.3, 0.4) is 0 Å². The van der Waals surface area contributed by atoms with Crippen LogP contribution in [-0.2, 0) is 19.6 Å². The molecule has 0 saturated carbocycles. The lowest BCUT2D eigenvalue weighted by Crippen LogP contribution is -2.66. The van der Waals surface area contributed by atoms with Gasteiger partial charge in [-0.3, -0.25) is 13.9 Å². The Labute approximate surface area is 197 Å². The Hall–Kier alpha value is -2.39. The first-order chi connectivity index (χ1) is 15.4. The van der Waals surface area contributed by atoms with E-state index in [-0.39, 0.29) is 22.6 Å². The van der Waals surface area contributed by atoms with E-state index in [4.69, 9.17) is 0 Å². The molecule has 1 aromatic carbocycles. The molecule has 0 aliphatic carbocycles. The summed E-state index contributed by atoms with van der Waals surface area (Å²) in [6.07, 6.45) is 3.91. The predicted octanol–water partition coefficient (Wildman–Crippen LogP) is 2.27. The fourth-order valence-electron chi connectivity index (χ4n) is 4.83. The topological polar surface area (TPSA) is 108 Å². The Morgan fingerprint density at radius 1 is 1.24 bits per heavy atom. The highest BCUT2D eigenvalue weighted by atomic mass is 32.2. The molecule has 2 aliphatic heterocycles. The van der Waals surface area contributed by atoms with Crippen LogP contribution < -0.4 is 16.0 Å². The lowest BCUT2D eigenvalue weighted by atomic mass is 9.64. The van der Waals surface area contributed by atoms with Crippen LogP contribution in [0.1, 0.15) is 52.5 Å². The third-order valence-electron chi connectivity index (χ3n) is 6.76. The van der Waals surface area contributed by atoms with E-state index < -0.39 is 27.5 Å². The van der Waals surface area contributed by atoms with Gasteiger partial charge in [-0.25, -0.2) is 8.42 Å². The fourth-order valence-corrected chi connectivity index (χ4v) is 6.28. The van der Waals surface area contributed by atoms with Gasteiger partial charge in [0.05, 0.1) is 11.3 Å². The van der Waals surface area contributed by atoms with Gasteiger partial charge in [-0.15, -0.1) is 0 Å². The standard InChI is InChI=1S/C24H36N4O4S/c1-17(2)15-24(10-11-25-16-23(24,4)5)27-21(29)14-20-22(30)26-12-13-28(20)33(31,32)19-8-6-18(3)7-9-19/h6-9,12-13,17,20,25H,10-11,14-16H2,1-5H3,(H,26,30)(H,27,29)/t20-,24+/m1/s1. The van der Waals surface area contributed by atoms with Crippen molar-refractivity contribution in [2.24, 2.45) is 11.3 Å². The molecule has 9 heteroatoms. The van der Waals surface area contributed by atoms with Gasteiger partial charge < -0.3 is 16.0 Å². The van der Waals surface area contributed by atoms with Crippen molar-refractivity contribution in [2.45, 2.75) is 70.4 Å². The van der Waals surface area contributed by atoms with Crippen LogP contribution in [0.25, 0.3) is 0 Å². The number of nitrogens with zero attached hydrogens (tertiary/aromatic N) is 1. The van der Waals surface area contributed by atoms with E-state index in [0.717, 1.165) is 35.8 Å². The van der Waals surface area contributed by atoms with Crippen LogP contribution in [0.2, 0.25) is 0 Å². The zero-order valence-electron chi connectivity index (χ0n) is 20.1. The highest BCUT2D eigenvalue weighted by Gasteiger charge is 2.48. The summed E-state index contributed by atoms with van der Waals surface area (Å²) in [4.78, 5) is 26.1. The maximum Gasteiger partial charge on any atom is 0.264 e. The molecule has 3 rings (SSSR count). The molecule has 0 spiro atoms. The molecular weight excluding hydrogens is 440 g/mol. The van der Waals surface area contributed by atoms with Crippen molar-refractivity contribution >= 4 is 21.8 Å². The molecular formula is C24H36N4O4S. The lowest BCUT2D eigenvalue weighted by Gasteiger charge is -2.52. The molecule has 2 amide bonds. The van der Waals surface area contributed by atoms with Crippen molar-refractivity contribution in [3.05, 3.63) is 42.2 Å². The maximum atomic E-state index is 13.3. The number of rotatable bonds is 7. The van der Waals surface area contributed by atoms with Crippen LogP contribution in [0, 0.1) is 18.3 Å². The summed E-state index contributed by atoms with van der Waals surface area (Å²) in [6, 6.07) is 5.27. The van der Waals surface area contributed by atoms with Gasteiger partial charge in [0.1, 0.15) is 6.04 Å². The minimum absolute atomic E-state index is 0.0774. The number of hydrogen-bond acceptors (Lipinski definition) is 5. The lowest BCUT2D eigenvalue weighted by molar-refractivity contribution is -0.132. The van der Waals surface area contributed by atoms with Gasteiger partial charge in [0.15, 0.2) is 0 Å². The average Bonchev–Trinajstić information content (AvgIpc) is 2.71. The Bertz CT molecular complexity index is 1020. The smallest absolute Gasteiger partial charge is 0.264 e. The van der Waals surface area contributed by atoms with Gasteiger partial charge in [-0.1, -0.05) is 45.4 Å². The summed E-state index contributed by atoms with van der Waals surface area (Å²) in [5.74, 6) is -0.488. The highest BCUT2D eigenvalue weighted by Crippen LogP contribution is 2.40. The molecule has 1 aromatic rings. The normalized spacial score (nSPS) is 25.1. The van der Waals surface area contributed by atoms with Gasteiger partial charge >= 0.3 is 0 Å². The molecule has 2 atom stereocenters. The van der Waals surface area contributed by atoms with Crippen molar-refractivity contribution in [1.29, 1.82) is 0 Å². The Morgan fingerprint density at radius 3 is 2.52 bits per heavy atom. The van der Waals surface area contributed by atoms with Gasteiger partial charge in [-0.05, 0) is 44.4 Å². The number of nitrogens with one attached hydrogen (secondary N) is 3. The number of carbonyl (C=O) groups is 2. The van der Waals surface area contributed by atoms with Gasteiger partial charge in [0.25, 0.3) is 10.0 Å². The molecule has 0 bridgehead atoms. The van der Waals surface area contributed by atoms with E-state index in [1.54, 1.807) is 12.1 Å². The molecule has 182 valence electrons. The Morgan fingerprint density at radius 2 is 1.91 bits per heavy atom. The zero-order chi connectivity index (χ0) is 24.4. The number of hydrogen-bond donors (Lipinski definition) is 3. The molecule has 0 aromatic heterocycles. The number of piperidine rings is 1.